The van der Waals surface area contributed by atoms with Crippen LogP contribution in [-0.2, 0) is 4.79 Å². The van der Waals surface area contributed by atoms with E-state index in [-0.39, 0.29) is 11.9 Å². The van der Waals surface area contributed by atoms with Gasteiger partial charge in [-0.25, -0.2) is 0 Å². The highest BCUT2D eigenvalue weighted by atomic mass is 31.2. The van der Waals surface area contributed by atoms with E-state index in [2.05, 4.69) is 41.7 Å². The molecule has 0 bridgehead atoms. The molecule has 0 spiro atoms. The van der Waals surface area contributed by atoms with Gasteiger partial charge in [0.05, 0.1) is 33.9 Å². The molecule has 0 atom stereocenters. The van der Waals surface area contributed by atoms with Crippen molar-refractivity contribution in [3.05, 3.63) is 72.8 Å². The van der Waals surface area contributed by atoms with Gasteiger partial charge in [0.15, 0.2) is 0 Å². The molecule has 7 nitrogen and oxygen atoms in total. The second-order valence-electron chi connectivity index (χ2n) is 12.0. The maximum Gasteiger partial charge on any atom is 0.223 e. The molecule has 1 saturated heterocycles. The lowest BCUT2D eigenvalue weighted by molar-refractivity contribution is -0.246. The number of nitrogens with zero attached hydrogens (tertiary/aromatic N) is 1. The Bertz CT molecular complexity index is 1170. The van der Waals surface area contributed by atoms with Gasteiger partial charge in [-0.3, -0.25) is 4.79 Å². The van der Waals surface area contributed by atoms with E-state index < -0.39 is 18.3 Å². The first-order valence-corrected chi connectivity index (χ1v) is 16.0. The third kappa shape index (κ3) is 6.53. The Morgan fingerprint density at radius 2 is 1.10 bits per heavy atom. The van der Waals surface area contributed by atoms with Gasteiger partial charge < -0.3 is 24.7 Å². The SMILES string of the molecule is COc1ccc([P+](CCC(=O)NC2CC(C)(C)N(O)C(C)(C)C2)(c2ccc(OC)cc2)c2ccc(OC)cc2)cc1. The molecule has 1 heterocycles. The number of rotatable bonds is 10. The Morgan fingerprint density at radius 3 is 1.41 bits per heavy atom. The Kier molecular flexibility index (Phi) is 9.32. The first-order valence-electron chi connectivity index (χ1n) is 14.1. The summed E-state index contributed by atoms with van der Waals surface area (Å²) in [4.78, 5) is 13.6. The lowest BCUT2D eigenvalue weighted by atomic mass is 9.79. The molecular weight excluding hydrogens is 535 g/mol. The molecular formula is C33H44N2O5P+. The topological polar surface area (TPSA) is 80.3 Å². The number of hydrogen-bond donors (Lipinski definition) is 2. The molecule has 0 saturated carbocycles. The van der Waals surface area contributed by atoms with Gasteiger partial charge in [0, 0.05) is 17.1 Å². The Hall–Kier alpha value is -3.12. The van der Waals surface area contributed by atoms with Crippen LogP contribution in [0.15, 0.2) is 72.8 Å². The fourth-order valence-corrected chi connectivity index (χ4v) is 10.5. The van der Waals surface area contributed by atoms with Crippen molar-refractivity contribution in [2.45, 2.75) is 64.1 Å². The third-order valence-electron chi connectivity index (χ3n) is 8.22. The maximum atomic E-state index is 13.6. The normalized spacial score (nSPS) is 17.1. The second kappa shape index (κ2) is 12.4. The zero-order chi connectivity index (χ0) is 29.8. The van der Waals surface area contributed by atoms with Gasteiger partial charge in [0.2, 0.25) is 5.91 Å². The number of benzene rings is 3. The molecule has 0 unspecified atom stereocenters. The summed E-state index contributed by atoms with van der Waals surface area (Å²) < 4.78 is 16.4. The van der Waals surface area contributed by atoms with E-state index in [9.17, 15) is 10.0 Å². The number of ether oxygens (including phenoxy) is 3. The van der Waals surface area contributed by atoms with Gasteiger partial charge in [-0.15, -0.1) is 0 Å². The molecule has 2 N–H and O–H groups in total. The van der Waals surface area contributed by atoms with Gasteiger partial charge in [0.25, 0.3) is 0 Å². The van der Waals surface area contributed by atoms with Gasteiger partial charge in [-0.1, -0.05) is 0 Å². The Balaban J connectivity index is 1.72. The van der Waals surface area contributed by atoms with Crippen molar-refractivity contribution in [3.8, 4) is 17.2 Å². The lowest BCUT2D eigenvalue weighted by Crippen LogP contribution is -2.63. The highest BCUT2D eigenvalue weighted by molar-refractivity contribution is 7.95. The highest BCUT2D eigenvalue weighted by Crippen LogP contribution is 2.56. The summed E-state index contributed by atoms with van der Waals surface area (Å²) >= 11 is 0. The number of piperidine rings is 1. The van der Waals surface area contributed by atoms with E-state index in [0.29, 0.717) is 25.4 Å². The van der Waals surface area contributed by atoms with E-state index in [1.165, 1.54) is 5.06 Å². The molecule has 1 aliphatic rings. The van der Waals surface area contributed by atoms with Crippen LogP contribution in [0.2, 0.25) is 0 Å². The zero-order valence-electron chi connectivity index (χ0n) is 25.3. The van der Waals surface area contributed by atoms with Crippen molar-refractivity contribution in [2.75, 3.05) is 27.5 Å². The fraction of sp³-hybridized carbons (Fsp3) is 0.424. The molecule has 1 aliphatic heterocycles. The number of hydroxylamine groups is 2. The Labute approximate surface area is 245 Å². The summed E-state index contributed by atoms with van der Waals surface area (Å²) in [6.07, 6.45) is 2.36. The molecule has 0 radical (unpaired) electrons. The van der Waals surface area contributed by atoms with Gasteiger partial charge in [-0.2, -0.15) is 5.06 Å². The first-order chi connectivity index (χ1) is 19.4. The van der Waals surface area contributed by atoms with Crippen LogP contribution in [0.3, 0.4) is 0 Å². The summed E-state index contributed by atoms with van der Waals surface area (Å²) in [6.45, 7) is 8.06. The largest absolute Gasteiger partial charge is 0.497 e. The quantitative estimate of drug-likeness (QED) is 0.332. The van der Waals surface area contributed by atoms with Gasteiger partial charge >= 0.3 is 0 Å². The van der Waals surface area contributed by atoms with Crippen LogP contribution in [-0.4, -0.2) is 60.8 Å². The van der Waals surface area contributed by atoms with Crippen molar-refractivity contribution >= 4 is 29.1 Å². The summed E-state index contributed by atoms with van der Waals surface area (Å²) in [5.41, 5.74) is -0.878. The number of hydrogen-bond acceptors (Lipinski definition) is 6. The zero-order valence-corrected chi connectivity index (χ0v) is 26.2. The van der Waals surface area contributed by atoms with Gasteiger partial charge in [-0.05, 0) is 113 Å². The van der Waals surface area contributed by atoms with Crippen molar-refractivity contribution in [3.63, 3.8) is 0 Å². The maximum absolute atomic E-state index is 13.6. The van der Waals surface area contributed by atoms with Crippen LogP contribution in [0.25, 0.3) is 0 Å². The average molecular weight is 580 g/mol. The lowest BCUT2D eigenvalue weighted by Gasteiger charge is -2.51. The summed E-state index contributed by atoms with van der Waals surface area (Å²) in [5.74, 6) is 2.38. The second-order valence-corrected chi connectivity index (χ2v) is 15.6. The van der Waals surface area contributed by atoms with Crippen LogP contribution in [0, 0.1) is 0 Å². The third-order valence-corrected chi connectivity index (χ3v) is 12.7. The molecule has 41 heavy (non-hydrogen) atoms. The van der Waals surface area contributed by atoms with Crippen molar-refractivity contribution in [1.82, 2.24) is 10.4 Å². The van der Waals surface area contributed by atoms with Crippen LogP contribution in [0.1, 0.15) is 47.0 Å². The first kappa shape index (κ1) is 30.8. The molecule has 3 aromatic carbocycles. The fourth-order valence-electron chi connectivity index (χ4n) is 6.29. The highest BCUT2D eigenvalue weighted by Gasteiger charge is 2.47. The molecule has 8 heteroatoms. The van der Waals surface area contributed by atoms with Crippen molar-refractivity contribution in [2.24, 2.45) is 0 Å². The molecule has 4 rings (SSSR count). The monoisotopic (exact) mass is 579 g/mol. The van der Waals surface area contributed by atoms with E-state index in [1.807, 2.05) is 64.1 Å². The smallest absolute Gasteiger partial charge is 0.223 e. The van der Waals surface area contributed by atoms with Crippen molar-refractivity contribution < 1.29 is 24.2 Å². The molecule has 0 aromatic heterocycles. The predicted molar refractivity (Wildman–Crippen MR) is 167 cm³/mol. The molecule has 0 aliphatic carbocycles. The van der Waals surface area contributed by atoms with E-state index >= 15 is 0 Å². The predicted octanol–water partition coefficient (Wildman–Crippen LogP) is 4.92. The summed E-state index contributed by atoms with van der Waals surface area (Å²) in [7, 11) is 2.71. The minimum absolute atomic E-state index is 0.0212. The molecule has 1 amide bonds. The van der Waals surface area contributed by atoms with E-state index in [4.69, 9.17) is 14.2 Å². The van der Waals surface area contributed by atoms with Crippen molar-refractivity contribution in [1.29, 1.82) is 0 Å². The van der Waals surface area contributed by atoms with Crippen LogP contribution < -0.4 is 35.4 Å². The number of amides is 1. The standard InChI is InChI=1S/C33H43N2O5P/c1-32(2)22-24(23-33(3,4)35(32)37)34-31(36)20-21-41(28-14-8-25(38-5)9-15-28,29-16-10-26(39-6)11-17-29)30-18-12-27(40-7)13-19-30/h8-19,24,37H,20-23H2,1-7H3/p+1. The minimum Gasteiger partial charge on any atom is -0.497 e. The number of carbonyl (C=O) groups excluding carboxylic acids is 1. The number of methoxy groups -OCH3 is 3. The number of nitrogens with one attached hydrogen (secondary N) is 1. The van der Waals surface area contributed by atoms with E-state index in [0.717, 1.165) is 33.2 Å². The molecule has 3 aromatic rings. The van der Waals surface area contributed by atoms with E-state index in [1.54, 1.807) is 21.3 Å². The van der Waals surface area contributed by atoms with Crippen LogP contribution >= 0.6 is 7.26 Å². The summed E-state index contributed by atoms with van der Waals surface area (Å²) in [6, 6.07) is 24.7. The average Bonchev–Trinajstić information content (AvgIpc) is 2.96. The summed E-state index contributed by atoms with van der Waals surface area (Å²) in [5, 5.41) is 19.0. The minimum atomic E-state index is -2.29. The number of carbonyl (C=O) groups is 1. The van der Waals surface area contributed by atoms with Crippen LogP contribution in [0.5, 0.6) is 17.2 Å². The molecule has 220 valence electrons. The van der Waals surface area contributed by atoms with Gasteiger partial charge in [0.1, 0.15) is 40.4 Å². The Morgan fingerprint density at radius 1 is 0.756 bits per heavy atom. The van der Waals surface area contributed by atoms with Crippen LogP contribution in [0.4, 0.5) is 0 Å². The molecule has 1 fully saturated rings.